The van der Waals surface area contributed by atoms with Gasteiger partial charge in [0.1, 0.15) is 0 Å². The highest BCUT2D eigenvalue weighted by Gasteiger charge is 2.41. The molecule has 0 heterocycles. The third kappa shape index (κ3) is 3.82. The summed E-state index contributed by atoms with van der Waals surface area (Å²) in [7, 11) is 0. The lowest BCUT2D eigenvalue weighted by atomic mass is 9.68. The minimum Gasteiger partial charge on any atom is -0.481 e. The Kier molecular flexibility index (Phi) is 5.87. The minimum absolute atomic E-state index is 0.527. The Morgan fingerprint density at radius 1 is 0.636 bits per heavy atom. The van der Waals surface area contributed by atoms with Crippen molar-refractivity contribution in [3.63, 3.8) is 0 Å². The molecule has 126 valence electrons. The molecular formula is C18H30O4. The molecule has 0 aromatic carbocycles. The third-order valence-electron chi connectivity index (χ3n) is 6.09. The van der Waals surface area contributed by atoms with Crippen LogP contribution < -0.4 is 0 Å². The van der Waals surface area contributed by atoms with Crippen molar-refractivity contribution in [3.05, 3.63) is 0 Å². The quantitative estimate of drug-likeness (QED) is 0.673. The summed E-state index contributed by atoms with van der Waals surface area (Å²) in [5, 5.41) is 19.2. The summed E-state index contributed by atoms with van der Waals surface area (Å²) in [6.07, 6.45) is 12.7. The van der Waals surface area contributed by atoms with Crippen molar-refractivity contribution < 1.29 is 19.8 Å². The highest BCUT2D eigenvalue weighted by Crippen LogP contribution is 2.44. The first kappa shape index (κ1) is 17.3. The second kappa shape index (κ2) is 7.47. The Balaban J connectivity index is 1.84. The van der Waals surface area contributed by atoms with Gasteiger partial charge in [0.15, 0.2) is 0 Å². The van der Waals surface area contributed by atoms with Gasteiger partial charge in [-0.1, -0.05) is 51.4 Å². The van der Waals surface area contributed by atoms with Gasteiger partial charge in [-0.05, 0) is 38.5 Å². The van der Waals surface area contributed by atoms with Crippen LogP contribution in [0.3, 0.4) is 0 Å². The predicted octanol–water partition coefficient (Wildman–Crippen LogP) is 4.62. The summed E-state index contributed by atoms with van der Waals surface area (Å²) >= 11 is 0. The van der Waals surface area contributed by atoms with Gasteiger partial charge in [0.2, 0.25) is 0 Å². The van der Waals surface area contributed by atoms with Gasteiger partial charge >= 0.3 is 11.9 Å². The van der Waals surface area contributed by atoms with Gasteiger partial charge in [0, 0.05) is 0 Å². The van der Waals surface area contributed by atoms with Crippen LogP contribution in [0.25, 0.3) is 0 Å². The summed E-state index contributed by atoms with van der Waals surface area (Å²) in [4.78, 5) is 23.3. The zero-order chi connectivity index (χ0) is 16.1. The maximum Gasteiger partial charge on any atom is 0.309 e. The Hall–Kier alpha value is -1.06. The van der Waals surface area contributed by atoms with E-state index in [1.165, 1.54) is 0 Å². The number of carboxylic acid groups (broad SMARTS) is 2. The Bertz CT molecular complexity index is 352. The topological polar surface area (TPSA) is 74.6 Å². The van der Waals surface area contributed by atoms with E-state index >= 15 is 0 Å². The van der Waals surface area contributed by atoms with Gasteiger partial charge in [-0.15, -0.1) is 0 Å². The lowest BCUT2D eigenvalue weighted by Crippen LogP contribution is -2.34. The molecule has 4 heteroatoms. The van der Waals surface area contributed by atoms with Crippen LogP contribution in [0.15, 0.2) is 0 Å². The molecule has 0 amide bonds. The molecule has 2 saturated carbocycles. The summed E-state index contributed by atoms with van der Waals surface area (Å²) < 4.78 is 0. The van der Waals surface area contributed by atoms with Crippen LogP contribution in [-0.2, 0) is 9.59 Å². The number of carbonyl (C=O) groups is 2. The van der Waals surface area contributed by atoms with Crippen molar-refractivity contribution >= 4 is 11.9 Å². The first-order chi connectivity index (χ1) is 10.5. The number of rotatable bonds is 7. The van der Waals surface area contributed by atoms with Crippen LogP contribution in [0.4, 0.5) is 0 Å². The van der Waals surface area contributed by atoms with Crippen molar-refractivity contribution in [1.82, 2.24) is 0 Å². The lowest BCUT2D eigenvalue weighted by molar-refractivity contribution is -0.153. The van der Waals surface area contributed by atoms with E-state index in [9.17, 15) is 19.8 Å². The van der Waals surface area contributed by atoms with Crippen molar-refractivity contribution in [3.8, 4) is 0 Å². The molecule has 2 aliphatic rings. The number of hydrogen-bond acceptors (Lipinski definition) is 2. The van der Waals surface area contributed by atoms with Crippen LogP contribution in [0.1, 0.15) is 89.9 Å². The van der Waals surface area contributed by atoms with E-state index in [2.05, 4.69) is 0 Å². The fourth-order valence-corrected chi connectivity index (χ4v) is 4.53. The van der Waals surface area contributed by atoms with Gasteiger partial charge in [0.05, 0.1) is 10.8 Å². The first-order valence-electron chi connectivity index (χ1n) is 8.98. The van der Waals surface area contributed by atoms with Gasteiger partial charge in [0.25, 0.3) is 0 Å². The van der Waals surface area contributed by atoms with Gasteiger partial charge in [-0.25, -0.2) is 0 Å². The fourth-order valence-electron chi connectivity index (χ4n) is 4.53. The molecule has 0 unspecified atom stereocenters. The molecule has 4 nitrogen and oxygen atoms in total. The standard InChI is InChI=1S/C18H30O4/c19-15(20)17(9-3-1-4-10-17)13-7-8-14-18(16(21)22)11-5-2-6-12-18/h1-14H2,(H,19,20)(H,21,22). The molecule has 0 spiro atoms. The van der Waals surface area contributed by atoms with Crippen molar-refractivity contribution in [2.24, 2.45) is 10.8 Å². The zero-order valence-electron chi connectivity index (χ0n) is 13.6. The Labute approximate surface area is 133 Å². The summed E-state index contributed by atoms with van der Waals surface area (Å²) in [5.41, 5.74) is -1.05. The summed E-state index contributed by atoms with van der Waals surface area (Å²) in [6.45, 7) is 0. The average Bonchev–Trinajstić information content (AvgIpc) is 2.53. The van der Waals surface area contributed by atoms with Crippen molar-refractivity contribution in [1.29, 1.82) is 0 Å². The molecule has 2 N–H and O–H groups in total. The Morgan fingerprint density at radius 2 is 0.955 bits per heavy atom. The molecule has 22 heavy (non-hydrogen) atoms. The molecule has 0 aromatic heterocycles. The molecule has 0 aliphatic heterocycles. The third-order valence-corrected chi connectivity index (χ3v) is 6.09. The number of carboxylic acids is 2. The van der Waals surface area contributed by atoms with Crippen molar-refractivity contribution in [2.45, 2.75) is 89.9 Å². The molecular weight excluding hydrogens is 280 g/mol. The molecule has 2 fully saturated rings. The zero-order valence-corrected chi connectivity index (χ0v) is 13.6. The van der Waals surface area contributed by atoms with E-state index in [0.29, 0.717) is 0 Å². The van der Waals surface area contributed by atoms with E-state index in [0.717, 1.165) is 89.9 Å². The summed E-state index contributed by atoms with van der Waals surface area (Å²) in [5.74, 6) is -1.28. The number of hydrogen-bond donors (Lipinski definition) is 2. The van der Waals surface area contributed by atoms with Gasteiger partial charge in [-0.2, -0.15) is 0 Å². The largest absolute Gasteiger partial charge is 0.481 e. The predicted molar refractivity (Wildman–Crippen MR) is 84.8 cm³/mol. The van der Waals surface area contributed by atoms with Gasteiger partial charge in [-0.3, -0.25) is 9.59 Å². The average molecular weight is 310 g/mol. The highest BCUT2D eigenvalue weighted by molar-refractivity contribution is 5.75. The number of unbranched alkanes of at least 4 members (excludes halogenated alkanes) is 1. The van der Waals surface area contributed by atoms with E-state index in [4.69, 9.17) is 0 Å². The molecule has 2 rings (SSSR count). The van der Waals surface area contributed by atoms with Gasteiger partial charge < -0.3 is 10.2 Å². The normalized spacial score (nSPS) is 23.8. The fraction of sp³-hybridized carbons (Fsp3) is 0.889. The molecule has 2 aliphatic carbocycles. The molecule has 0 radical (unpaired) electrons. The van der Waals surface area contributed by atoms with Crippen LogP contribution in [0.2, 0.25) is 0 Å². The number of aliphatic carboxylic acids is 2. The SMILES string of the molecule is O=C(O)C1(CCCCC2(C(=O)O)CCCCC2)CCCCC1. The van der Waals surface area contributed by atoms with Crippen LogP contribution in [0, 0.1) is 10.8 Å². The van der Waals surface area contributed by atoms with Crippen LogP contribution in [0.5, 0.6) is 0 Å². The van der Waals surface area contributed by atoms with E-state index in [1.54, 1.807) is 0 Å². The van der Waals surface area contributed by atoms with Crippen LogP contribution >= 0.6 is 0 Å². The van der Waals surface area contributed by atoms with E-state index < -0.39 is 22.8 Å². The smallest absolute Gasteiger partial charge is 0.309 e. The van der Waals surface area contributed by atoms with Crippen molar-refractivity contribution in [2.75, 3.05) is 0 Å². The monoisotopic (exact) mass is 310 g/mol. The first-order valence-corrected chi connectivity index (χ1v) is 8.98. The van der Waals surface area contributed by atoms with Crippen LogP contribution in [-0.4, -0.2) is 22.2 Å². The maximum absolute atomic E-state index is 11.6. The van der Waals surface area contributed by atoms with E-state index in [-0.39, 0.29) is 0 Å². The second-order valence-corrected chi connectivity index (χ2v) is 7.50. The summed E-state index contributed by atoms with van der Waals surface area (Å²) in [6, 6.07) is 0. The second-order valence-electron chi connectivity index (χ2n) is 7.50. The van der Waals surface area contributed by atoms with E-state index in [1.807, 2.05) is 0 Å². The molecule has 0 bridgehead atoms. The maximum atomic E-state index is 11.6. The Morgan fingerprint density at radius 3 is 1.23 bits per heavy atom. The molecule has 0 saturated heterocycles. The lowest BCUT2D eigenvalue weighted by Gasteiger charge is -2.35. The molecule has 0 atom stereocenters. The highest BCUT2D eigenvalue weighted by atomic mass is 16.4. The molecule has 0 aromatic rings. The minimum atomic E-state index is -0.641.